The zero-order chi connectivity index (χ0) is 8.65. The lowest BCUT2D eigenvalue weighted by molar-refractivity contribution is 0.444. The van der Waals surface area contributed by atoms with Gasteiger partial charge in [0.2, 0.25) is 0 Å². The summed E-state index contributed by atoms with van der Waals surface area (Å²) in [6.45, 7) is 6.07. The molecule has 0 unspecified atom stereocenters. The van der Waals surface area contributed by atoms with Gasteiger partial charge in [0.05, 0.1) is 6.20 Å². The third kappa shape index (κ3) is 1.53. The van der Waals surface area contributed by atoms with Crippen LogP contribution in [0.25, 0.3) is 0 Å². The van der Waals surface area contributed by atoms with Crippen molar-refractivity contribution in [2.24, 2.45) is 7.05 Å². The van der Waals surface area contributed by atoms with Gasteiger partial charge in [-0.15, -0.1) is 0 Å². The minimum atomic E-state index is -0.0780. The molecule has 0 fully saturated rings. The number of hydrogen-bond acceptors (Lipinski definition) is 2. The molecule has 0 aliphatic heterocycles. The van der Waals surface area contributed by atoms with Gasteiger partial charge < -0.3 is 5.11 Å². The largest absolute Gasteiger partial charge is 0.504 e. The van der Waals surface area contributed by atoms with Crippen molar-refractivity contribution in [3.63, 3.8) is 0 Å². The molecule has 11 heavy (non-hydrogen) atoms. The molecule has 0 amide bonds. The summed E-state index contributed by atoms with van der Waals surface area (Å²) in [4.78, 5) is 0. The molecule has 0 atom stereocenters. The van der Waals surface area contributed by atoms with Gasteiger partial charge >= 0.3 is 0 Å². The van der Waals surface area contributed by atoms with E-state index in [4.69, 9.17) is 0 Å². The van der Waals surface area contributed by atoms with Crippen LogP contribution in [0.2, 0.25) is 0 Å². The predicted octanol–water partition coefficient (Wildman–Crippen LogP) is 1.42. The lowest BCUT2D eigenvalue weighted by Gasteiger charge is -2.14. The van der Waals surface area contributed by atoms with Gasteiger partial charge in [-0.25, -0.2) is 0 Å². The number of aryl methyl sites for hydroxylation is 1. The lowest BCUT2D eigenvalue weighted by atomic mass is 9.92. The van der Waals surface area contributed by atoms with Crippen molar-refractivity contribution in [2.45, 2.75) is 26.2 Å². The van der Waals surface area contributed by atoms with Crippen molar-refractivity contribution < 1.29 is 5.11 Å². The molecular formula is C8H14N2O. The minimum absolute atomic E-state index is 0.0780. The highest BCUT2D eigenvalue weighted by atomic mass is 16.3. The smallest absolute Gasteiger partial charge is 0.157 e. The van der Waals surface area contributed by atoms with Gasteiger partial charge in [0.1, 0.15) is 5.69 Å². The van der Waals surface area contributed by atoms with Gasteiger partial charge in [-0.05, 0) is 0 Å². The molecule has 0 radical (unpaired) electrons. The van der Waals surface area contributed by atoms with Crippen molar-refractivity contribution in [2.75, 3.05) is 0 Å². The van der Waals surface area contributed by atoms with Crippen LogP contribution in [0.15, 0.2) is 6.20 Å². The molecule has 0 spiro atoms. The first-order chi connectivity index (χ1) is 4.91. The van der Waals surface area contributed by atoms with E-state index in [9.17, 15) is 5.11 Å². The standard InChI is InChI=1S/C8H14N2O/c1-8(2,3)7-6(11)5-10(4)9-7/h5,11H,1-4H3. The van der Waals surface area contributed by atoms with E-state index in [0.29, 0.717) is 0 Å². The molecule has 3 nitrogen and oxygen atoms in total. The Labute approximate surface area is 66.7 Å². The third-order valence-electron chi connectivity index (χ3n) is 1.52. The number of rotatable bonds is 0. The molecule has 0 aliphatic rings. The normalized spacial score (nSPS) is 12.0. The first-order valence-electron chi connectivity index (χ1n) is 3.64. The van der Waals surface area contributed by atoms with Gasteiger partial charge in [-0.3, -0.25) is 4.68 Å². The van der Waals surface area contributed by atoms with Crippen LogP contribution in [-0.2, 0) is 12.5 Å². The van der Waals surface area contributed by atoms with Gasteiger partial charge in [-0.2, -0.15) is 5.10 Å². The van der Waals surface area contributed by atoms with Crippen molar-refractivity contribution in [1.82, 2.24) is 9.78 Å². The lowest BCUT2D eigenvalue weighted by Crippen LogP contribution is -2.12. The number of aromatic hydroxyl groups is 1. The summed E-state index contributed by atoms with van der Waals surface area (Å²) in [6.07, 6.45) is 1.61. The van der Waals surface area contributed by atoms with Crippen LogP contribution in [0.5, 0.6) is 5.75 Å². The molecule has 1 aromatic rings. The van der Waals surface area contributed by atoms with Crippen LogP contribution < -0.4 is 0 Å². The summed E-state index contributed by atoms with van der Waals surface area (Å²) in [5.74, 6) is 0.278. The van der Waals surface area contributed by atoms with E-state index in [0.717, 1.165) is 5.69 Å². The van der Waals surface area contributed by atoms with Crippen LogP contribution in [-0.4, -0.2) is 14.9 Å². The number of nitrogens with zero attached hydrogens (tertiary/aromatic N) is 2. The van der Waals surface area contributed by atoms with Crippen molar-refractivity contribution in [1.29, 1.82) is 0 Å². The highest BCUT2D eigenvalue weighted by molar-refractivity contribution is 5.28. The second-order valence-electron chi connectivity index (χ2n) is 3.79. The first kappa shape index (κ1) is 8.11. The average Bonchev–Trinajstić information content (AvgIpc) is 2.08. The molecule has 1 N–H and O–H groups in total. The molecule has 1 rings (SSSR count). The fraction of sp³-hybridized carbons (Fsp3) is 0.625. The Kier molecular flexibility index (Phi) is 1.66. The van der Waals surface area contributed by atoms with Crippen molar-refractivity contribution >= 4 is 0 Å². The maximum atomic E-state index is 9.38. The van der Waals surface area contributed by atoms with E-state index in [-0.39, 0.29) is 11.2 Å². The van der Waals surface area contributed by atoms with E-state index in [1.54, 1.807) is 17.9 Å². The Hall–Kier alpha value is -0.990. The molecule has 1 heterocycles. The zero-order valence-electron chi connectivity index (χ0n) is 7.42. The quantitative estimate of drug-likeness (QED) is 0.613. The van der Waals surface area contributed by atoms with Crippen LogP contribution in [0, 0.1) is 0 Å². The van der Waals surface area contributed by atoms with Gasteiger partial charge in [-0.1, -0.05) is 20.8 Å². The van der Waals surface area contributed by atoms with E-state index < -0.39 is 0 Å². The Bertz CT molecular complexity index is 258. The summed E-state index contributed by atoms with van der Waals surface area (Å²) >= 11 is 0. The fourth-order valence-corrected chi connectivity index (χ4v) is 1.01. The monoisotopic (exact) mass is 154 g/mol. The molecule has 1 aromatic heterocycles. The van der Waals surface area contributed by atoms with E-state index in [2.05, 4.69) is 5.10 Å². The molecule has 0 bridgehead atoms. The fourth-order valence-electron chi connectivity index (χ4n) is 1.01. The van der Waals surface area contributed by atoms with E-state index >= 15 is 0 Å². The van der Waals surface area contributed by atoms with Crippen molar-refractivity contribution in [3.05, 3.63) is 11.9 Å². The molecular weight excluding hydrogens is 140 g/mol. The van der Waals surface area contributed by atoms with Crippen LogP contribution in [0.4, 0.5) is 0 Å². The number of aromatic nitrogens is 2. The average molecular weight is 154 g/mol. The minimum Gasteiger partial charge on any atom is -0.504 e. The highest BCUT2D eigenvalue weighted by Gasteiger charge is 2.21. The summed E-state index contributed by atoms with van der Waals surface area (Å²) < 4.78 is 1.62. The third-order valence-corrected chi connectivity index (χ3v) is 1.52. The molecule has 0 saturated carbocycles. The van der Waals surface area contributed by atoms with Gasteiger partial charge in [0, 0.05) is 12.5 Å². The van der Waals surface area contributed by atoms with Crippen LogP contribution in [0.1, 0.15) is 26.5 Å². The molecule has 0 aromatic carbocycles. The Morgan fingerprint density at radius 3 is 2.18 bits per heavy atom. The Morgan fingerprint density at radius 2 is 2.00 bits per heavy atom. The number of hydrogen-bond donors (Lipinski definition) is 1. The Morgan fingerprint density at radius 1 is 1.45 bits per heavy atom. The molecule has 0 aliphatic carbocycles. The predicted molar refractivity (Wildman–Crippen MR) is 43.6 cm³/mol. The summed E-state index contributed by atoms with van der Waals surface area (Å²) in [5, 5.41) is 13.5. The Balaban J connectivity index is 3.13. The molecule has 62 valence electrons. The summed E-state index contributed by atoms with van der Waals surface area (Å²) in [7, 11) is 1.80. The van der Waals surface area contributed by atoms with Gasteiger partial charge in [0.15, 0.2) is 5.75 Å². The van der Waals surface area contributed by atoms with Crippen LogP contribution in [0.3, 0.4) is 0 Å². The summed E-state index contributed by atoms with van der Waals surface area (Å²) in [5.41, 5.74) is 0.672. The van der Waals surface area contributed by atoms with Crippen LogP contribution >= 0.6 is 0 Å². The summed E-state index contributed by atoms with van der Waals surface area (Å²) in [6, 6.07) is 0. The first-order valence-corrected chi connectivity index (χ1v) is 3.64. The second kappa shape index (κ2) is 2.26. The highest BCUT2D eigenvalue weighted by Crippen LogP contribution is 2.27. The van der Waals surface area contributed by atoms with Gasteiger partial charge in [0.25, 0.3) is 0 Å². The van der Waals surface area contributed by atoms with E-state index in [1.807, 2.05) is 20.8 Å². The van der Waals surface area contributed by atoms with Crippen molar-refractivity contribution in [3.8, 4) is 5.75 Å². The maximum absolute atomic E-state index is 9.38. The zero-order valence-corrected chi connectivity index (χ0v) is 7.42. The second-order valence-corrected chi connectivity index (χ2v) is 3.79. The SMILES string of the molecule is Cn1cc(O)c(C(C)(C)C)n1. The molecule has 3 heteroatoms. The topological polar surface area (TPSA) is 38.0 Å². The maximum Gasteiger partial charge on any atom is 0.157 e. The molecule has 0 saturated heterocycles. The van der Waals surface area contributed by atoms with E-state index in [1.165, 1.54) is 0 Å².